The molecule has 1 N–H and O–H groups in total. The van der Waals surface area contributed by atoms with Gasteiger partial charge in [-0.1, -0.05) is 36.8 Å². The minimum Gasteiger partial charge on any atom is -0.348 e. The van der Waals surface area contributed by atoms with Gasteiger partial charge < -0.3 is 5.32 Å². The molecule has 0 spiro atoms. The molecule has 1 saturated heterocycles. The van der Waals surface area contributed by atoms with E-state index >= 15 is 0 Å². The molecule has 1 amide bonds. The molecular weight excluding hydrogens is 380 g/mol. The molecule has 0 saturated carbocycles. The summed E-state index contributed by atoms with van der Waals surface area (Å²) in [5.41, 5.74) is 3.16. The van der Waals surface area contributed by atoms with Crippen molar-refractivity contribution in [3.05, 3.63) is 46.2 Å². The Balaban J connectivity index is 1.63. The topological polar surface area (TPSA) is 66.5 Å². The number of benzene rings is 1. The SMILES string of the molecule is CCCS(=O)(=O)N1CCC(NC(=O)c2sccc2-c2ccc(C)cc2)CC1. The standard InChI is InChI=1S/C20H26N2O3S2/c1-3-14-27(24,25)22-11-8-17(9-12-22)21-20(23)19-18(10-13-26-19)16-6-4-15(2)5-7-16/h4-7,10,13,17H,3,8-9,11-12,14H2,1-2H3,(H,21,23). The van der Waals surface area contributed by atoms with Gasteiger partial charge in [0.2, 0.25) is 10.0 Å². The number of piperidine rings is 1. The second kappa shape index (κ2) is 8.54. The number of nitrogens with zero attached hydrogens (tertiary/aromatic N) is 1. The fraction of sp³-hybridized carbons (Fsp3) is 0.450. The predicted molar refractivity (Wildman–Crippen MR) is 111 cm³/mol. The van der Waals surface area contributed by atoms with Crippen molar-refractivity contribution in [2.45, 2.75) is 39.2 Å². The number of nitrogens with one attached hydrogen (secondary N) is 1. The number of rotatable bonds is 6. The molecule has 1 fully saturated rings. The minimum absolute atomic E-state index is 0.0125. The van der Waals surface area contributed by atoms with Crippen LogP contribution >= 0.6 is 11.3 Å². The molecule has 3 rings (SSSR count). The molecule has 0 unspecified atom stereocenters. The second-order valence-electron chi connectivity index (χ2n) is 6.99. The van der Waals surface area contributed by atoms with E-state index in [1.807, 2.05) is 49.6 Å². The normalized spacial score (nSPS) is 16.4. The van der Waals surface area contributed by atoms with Crippen LogP contribution in [-0.4, -0.2) is 43.5 Å². The fourth-order valence-electron chi connectivity index (χ4n) is 3.36. The molecule has 0 atom stereocenters. The van der Waals surface area contributed by atoms with Gasteiger partial charge in [0.05, 0.1) is 10.6 Å². The summed E-state index contributed by atoms with van der Waals surface area (Å²) >= 11 is 1.44. The van der Waals surface area contributed by atoms with Crippen molar-refractivity contribution >= 4 is 27.3 Å². The highest BCUT2D eigenvalue weighted by atomic mass is 32.2. The first-order chi connectivity index (χ1) is 12.9. The maximum Gasteiger partial charge on any atom is 0.262 e. The monoisotopic (exact) mass is 406 g/mol. The summed E-state index contributed by atoms with van der Waals surface area (Å²) < 4.78 is 25.9. The zero-order valence-electron chi connectivity index (χ0n) is 15.8. The number of aryl methyl sites for hydroxylation is 1. The third-order valence-electron chi connectivity index (χ3n) is 4.88. The summed E-state index contributed by atoms with van der Waals surface area (Å²) in [6.07, 6.45) is 1.93. The average Bonchev–Trinajstić information content (AvgIpc) is 3.13. The highest BCUT2D eigenvalue weighted by molar-refractivity contribution is 7.89. The number of carbonyl (C=O) groups excluding carboxylic acids is 1. The van der Waals surface area contributed by atoms with Gasteiger partial charge >= 0.3 is 0 Å². The molecule has 2 aromatic rings. The summed E-state index contributed by atoms with van der Waals surface area (Å²) in [4.78, 5) is 13.5. The van der Waals surface area contributed by atoms with Crippen LogP contribution in [0.4, 0.5) is 0 Å². The molecule has 1 aromatic heterocycles. The third kappa shape index (κ3) is 4.78. The lowest BCUT2D eigenvalue weighted by atomic mass is 10.0. The smallest absolute Gasteiger partial charge is 0.262 e. The van der Waals surface area contributed by atoms with Gasteiger partial charge in [0.1, 0.15) is 0 Å². The van der Waals surface area contributed by atoms with Crippen molar-refractivity contribution in [3.63, 3.8) is 0 Å². The molecule has 5 nitrogen and oxygen atoms in total. The zero-order chi connectivity index (χ0) is 19.4. The molecule has 146 valence electrons. The molecular formula is C20H26N2O3S2. The first-order valence-electron chi connectivity index (χ1n) is 9.34. The lowest BCUT2D eigenvalue weighted by Crippen LogP contribution is -2.47. The molecule has 1 aliphatic heterocycles. The lowest BCUT2D eigenvalue weighted by Gasteiger charge is -2.31. The van der Waals surface area contributed by atoms with Gasteiger partial charge in [-0.25, -0.2) is 12.7 Å². The molecule has 0 radical (unpaired) electrons. The van der Waals surface area contributed by atoms with E-state index in [4.69, 9.17) is 0 Å². The molecule has 1 aliphatic rings. The maximum atomic E-state index is 12.8. The van der Waals surface area contributed by atoms with Crippen LogP contribution < -0.4 is 5.32 Å². The first-order valence-corrected chi connectivity index (χ1v) is 11.8. The summed E-state index contributed by atoms with van der Waals surface area (Å²) in [5, 5.41) is 5.03. The summed E-state index contributed by atoms with van der Waals surface area (Å²) in [5.74, 6) is 0.120. The summed E-state index contributed by atoms with van der Waals surface area (Å²) in [6, 6.07) is 10.1. The Hall–Kier alpha value is -1.70. The number of amides is 1. The number of sulfonamides is 1. The van der Waals surface area contributed by atoms with Gasteiger partial charge in [0.25, 0.3) is 5.91 Å². The molecule has 27 heavy (non-hydrogen) atoms. The van der Waals surface area contributed by atoms with Crippen molar-refractivity contribution in [2.75, 3.05) is 18.8 Å². The Labute approximate surface area is 165 Å². The van der Waals surface area contributed by atoms with E-state index in [2.05, 4.69) is 5.32 Å². The molecule has 0 aliphatic carbocycles. The Morgan fingerprint density at radius 2 is 1.85 bits per heavy atom. The first kappa shape index (κ1) is 20.0. The van der Waals surface area contributed by atoms with Crippen molar-refractivity contribution in [1.82, 2.24) is 9.62 Å². The van der Waals surface area contributed by atoms with Gasteiger partial charge in [-0.15, -0.1) is 11.3 Å². The Kier molecular flexibility index (Phi) is 6.34. The molecule has 1 aromatic carbocycles. The lowest BCUT2D eigenvalue weighted by molar-refractivity contribution is 0.0928. The van der Waals surface area contributed by atoms with Crippen LogP contribution in [0.2, 0.25) is 0 Å². The van der Waals surface area contributed by atoms with Crippen molar-refractivity contribution < 1.29 is 13.2 Å². The Morgan fingerprint density at radius 3 is 2.48 bits per heavy atom. The zero-order valence-corrected chi connectivity index (χ0v) is 17.4. The van der Waals surface area contributed by atoms with E-state index in [1.165, 1.54) is 16.9 Å². The fourth-order valence-corrected chi connectivity index (χ4v) is 5.72. The summed E-state index contributed by atoms with van der Waals surface area (Å²) in [6.45, 7) is 4.86. The van der Waals surface area contributed by atoms with E-state index in [9.17, 15) is 13.2 Å². The van der Waals surface area contributed by atoms with Gasteiger partial charge in [-0.3, -0.25) is 4.79 Å². The van der Waals surface area contributed by atoms with E-state index < -0.39 is 10.0 Å². The molecule has 0 bridgehead atoms. The van der Waals surface area contributed by atoms with Crippen LogP contribution in [0.1, 0.15) is 41.4 Å². The average molecular weight is 407 g/mol. The van der Waals surface area contributed by atoms with Gasteiger partial charge in [0, 0.05) is 24.7 Å². The summed E-state index contributed by atoms with van der Waals surface area (Å²) in [7, 11) is -3.15. The Bertz CT molecular complexity index is 880. The van der Waals surface area contributed by atoms with Crippen LogP contribution in [-0.2, 0) is 10.0 Å². The van der Waals surface area contributed by atoms with Crippen LogP contribution in [0.5, 0.6) is 0 Å². The quantitative estimate of drug-likeness (QED) is 0.796. The van der Waals surface area contributed by atoms with Gasteiger partial charge in [-0.2, -0.15) is 0 Å². The maximum absolute atomic E-state index is 12.8. The van der Waals surface area contributed by atoms with Crippen molar-refractivity contribution in [3.8, 4) is 11.1 Å². The van der Waals surface area contributed by atoms with Crippen molar-refractivity contribution in [1.29, 1.82) is 0 Å². The van der Waals surface area contributed by atoms with Crippen LogP contribution in [0, 0.1) is 6.92 Å². The number of thiophene rings is 1. The van der Waals surface area contributed by atoms with Crippen LogP contribution in [0.15, 0.2) is 35.7 Å². The van der Waals surface area contributed by atoms with Crippen LogP contribution in [0.3, 0.4) is 0 Å². The van der Waals surface area contributed by atoms with Crippen molar-refractivity contribution in [2.24, 2.45) is 0 Å². The van der Waals surface area contributed by atoms with Gasteiger partial charge in [-0.05, 0) is 43.2 Å². The second-order valence-corrected chi connectivity index (χ2v) is 10.00. The molecule has 7 heteroatoms. The minimum atomic E-state index is -3.15. The number of carbonyl (C=O) groups is 1. The van der Waals surface area contributed by atoms with E-state index in [1.54, 1.807) is 4.31 Å². The molecule has 2 heterocycles. The van der Waals surface area contributed by atoms with E-state index in [-0.39, 0.29) is 17.7 Å². The van der Waals surface area contributed by atoms with E-state index in [0.717, 1.165) is 11.1 Å². The third-order valence-corrected chi connectivity index (χ3v) is 7.87. The van der Waals surface area contributed by atoms with Crippen LogP contribution in [0.25, 0.3) is 11.1 Å². The van der Waals surface area contributed by atoms with E-state index in [0.29, 0.717) is 37.2 Å². The Morgan fingerprint density at radius 1 is 1.19 bits per heavy atom. The largest absolute Gasteiger partial charge is 0.348 e. The highest BCUT2D eigenvalue weighted by Crippen LogP contribution is 2.29. The number of hydrogen-bond acceptors (Lipinski definition) is 4. The highest BCUT2D eigenvalue weighted by Gasteiger charge is 2.28. The predicted octanol–water partition coefficient (Wildman–Crippen LogP) is 3.66. The van der Waals surface area contributed by atoms with Gasteiger partial charge in [0.15, 0.2) is 0 Å². The number of hydrogen-bond donors (Lipinski definition) is 1.